The number of rotatable bonds is 6. The second-order valence-corrected chi connectivity index (χ2v) is 4.28. The predicted octanol–water partition coefficient (Wildman–Crippen LogP) is 2.36. The minimum absolute atomic E-state index is 0.192. The van der Waals surface area contributed by atoms with Gasteiger partial charge in [-0.3, -0.25) is 4.68 Å². The standard InChI is InChI=1S/C14H16N2O3/c1-11-9-15-16(10-11)7-4-8-19-13-6-3-2-5-12(13)14(17)18/h2-3,5-6,9-10H,4,7-8H2,1H3,(H,17,18). The average Bonchev–Trinajstić information content (AvgIpc) is 2.81. The molecule has 0 aliphatic heterocycles. The van der Waals surface area contributed by atoms with E-state index in [9.17, 15) is 4.79 Å². The molecule has 19 heavy (non-hydrogen) atoms. The van der Waals surface area contributed by atoms with Crippen LogP contribution in [0.5, 0.6) is 5.75 Å². The molecule has 5 heteroatoms. The van der Waals surface area contributed by atoms with Gasteiger partial charge in [-0.25, -0.2) is 4.79 Å². The van der Waals surface area contributed by atoms with Gasteiger partial charge in [-0.1, -0.05) is 12.1 Å². The first-order valence-electron chi connectivity index (χ1n) is 6.11. The van der Waals surface area contributed by atoms with E-state index in [1.54, 1.807) is 24.4 Å². The maximum Gasteiger partial charge on any atom is 0.339 e. The Hall–Kier alpha value is -2.30. The Morgan fingerprint density at radius 2 is 2.21 bits per heavy atom. The summed E-state index contributed by atoms with van der Waals surface area (Å²) in [5.41, 5.74) is 1.31. The molecule has 1 aromatic heterocycles. The normalized spacial score (nSPS) is 10.4. The van der Waals surface area contributed by atoms with E-state index in [-0.39, 0.29) is 5.56 Å². The second kappa shape index (κ2) is 6.04. The Kier molecular flexibility index (Phi) is 4.18. The first-order valence-corrected chi connectivity index (χ1v) is 6.11. The first kappa shape index (κ1) is 13.1. The van der Waals surface area contributed by atoms with E-state index in [0.717, 1.165) is 18.5 Å². The van der Waals surface area contributed by atoms with Gasteiger partial charge >= 0.3 is 5.97 Å². The van der Waals surface area contributed by atoms with Gasteiger partial charge in [-0.2, -0.15) is 5.10 Å². The minimum Gasteiger partial charge on any atom is -0.493 e. The zero-order valence-electron chi connectivity index (χ0n) is 10.7. The number of aromatic nitrogens is 2. The SMILES string of the molecule is Cc1cnn(CCCOc2ccccc2C(=O)O)c1. The molecular formula is C14H16N2O3. The van der Waals surface area contributed by atoms with Crippen molar-refractivity contribution < 1.29 is 14.6 Å². The van der Waals surface area contributed by atoms with Crippen LogP contribution in [0.15, 0.2) is 36.7 Å². The van der Waals surface area contributed by atoms with Crippen LogP contribution in [0.25, 0.3) is 0 Å². The summed E-state index contributed by atoms with van der Waals surface area (Å²) in [6, 6.07) is 6.65. The molecule has 0 aliphatic carbocycles. The zero-order valence-corrected chi connectivity index (χ0v) is 10.7. The van der Waals surface area contributed by atoms with Gasteiger partial charge in [0.05, 0.1) is 12.8 Å². The predicted molar refractivity (Wildman–Crippen MR) is 70.5 cm³/mol. The van der Waals surface area contributed by atoms with E-state index in [1.165, 1.54) is 6.07 Å². The third-order valence-electron chi connectivity index (χ3n) is 2.67. The zero-order chi connectivity index (χ0) is 13.7. The Balaban J connectivity index is 1.84. The molecule has 1 heterocycles. The third-order valence-corrected chi connectivity index (χ3v) is 2.67. The van der Waals surface area contributed by atoms with Gasteiger partial charge < -0.3 is 9.84 Å². The summed E-state index contributed by atoms with van der Waals surface area (Å²) in [5.74, 6) is -0.565. The quantitative estimate of drug-likeness (QED) is 0.810. The molecule has 1 N–H and O–H groups in total. The lowest BCUT2D eigenvalue weighted by molar-refractivity contribution is 0.0692. The molecule has 2 aromatic rings. The maximum atomic E-state index is 11.0. The topological polar surface area (TPSA) is 64.4 Å². The van der Waals surface area contributed by atoms with E-state index < -0.39 is 5.97 Å². The number of carbonyl (C=O) groups is 1. The van der Waals surface area contributed by atoms with Crippen LogP contribution in [0.2, 0.25) is 0 Å². The Bertz CT molecular complexity index is 563. The molecule has 0 bridgehead atoms. The summed E-state index contributed by atoms with van der Waals surface area (Å²) in [4.78, 5) is 11.0. The Morgan fingerprint density at radius 1 is 1.42 bits per heavy atom. The van der Waals surface area contributed by atoms with Crippen LogP contribution in [-0.4, -0.2) is 27.5 Å². The molecule has 1 aromatic carbocycles. The van der Waals surface area contributed by atoms with Crippen LogP contribution in [0, 0.1) is 6.92 Å². The van der Waals surface area contributed by atoms with Gasteiger partial charge in [-0.05, 0) is 24.6 Å². The molecular weight excluding hydrogens is 244 g/mol. The van der Waals surface area contributed by atoms with E-state index >= 15 is 0 Å². The highest BCUT2D eigenvalue weighted by atomic mass is 16.5. The summed E-state index contributed by atoms with van der Waals surface area (Å²) in [7, 11) is 0. The van der Waals surface area contributed by atoms with Crippen LogP contribution in [0.3, 0.4) is 0 Å². The van der Waals surface area contributed by atoms with Crippen molar-refractivity contribution in [2.75, 3.05) is 6.61 Å². The molecule has 0 unspecified atom stereocenters. The van der Waals surface area contributed by atoms with Gasteiger partial charge in [0.25, 0.3) is 0 Å². The average molecular weight is 260 g/mol. The van der Waals surface area contributed by atoms with E-state index in [0.29, 0.717) is 12.4 Å². The van der Waals surface area contributed by atoms with Gasteiger partial charge in [-0.15, -0.1) is 0 Å². The summed E-state index contributed by atoms with van der Waals surface area (Å²) >= 11 is 0. The van der Waals surface area contributed by atoms with Crippen molar-refractivity contribution in [2.24, 2.45) is 0 Å². The Labute approximate surface area is 111 Å². The van der Waals surface area contributed by atoms with Gasteiger partial charge in [0.15, 0.2) is 0 Å². The Morgan fingerprint density at radius 3 is 2.89 bits per heavy atom. The highest BCUT2D eigenvalue weighted by Crippen LogP contribution is 2.17. The van der Waals surface area contributed by atoms with E-state index in [1.807, 2.05) is 17.8 Å². The van der Waals surface area contributed by atoms with E-state index in [4.69, 9.17) is 9.84 Å². The number of nitrogens with zero attached hydrogens (tertiary/aromatic N) is 2. The monoisotopic (exact) mass is 260 g/mol. The molecule has 0 radical (unpaired) electrons. The number of ether oxygens (including phenoxy) is 1. The number of aromatic carboxylic acids is 1. The van der Waals surface area contributed by atoms with E-state index in [2.05, 4.69) is 5.10 Å². The largest absolute Gasteiger partial charge is 0.493 e. The highest BCUT2D eigenvalue weighted by molar-refractivity contribution is 5.90. The fourth-order valence-corrected chi connectivity index (χ4v) is 1.77. The van der Waals surface area contributed by atoms with Crippen molar-refractivity contribution in [3.05, 3.63) is 47.8 Å². The molecule has 0 spiro atoms. The van der Waals surface area contributed by atoms with Gasteiger partial charge in [0, 0.05) is 19.2 Å². The molecule has 0 saturated heterocycles. The minimum atomic E-state index is -0.974. The van der Waals surface area contributed by atoms with Crippen LogP contribution >= 0.6 is 0 Å². The second-order valence-electron chi connectivity index (χ2n) is 4.28. The fourth-order valence-electron chi connectivity index (χ4n) is 1.77. The van der Waals surface area contributed by atoms with Crippen LogP contribution in [0.1, 0.15) is 22.3 Å². The number of carboxylic acids is 1. The first-order chi connectivity index (χ1) is 9.16. The number of aryl methyl sites for hydroxylation is 2. The molecule has 0 aliphatic rings. The van der Waals surface area contributed by atoms with Crippen LogP contribution in [0.4, 0.5) is 0 Å². The van der Waals surface area contributed by atoms with Crippen LogP contribution in [-0.2, 0) is 6.54 Å². The molecule has 0 amide bonds. The lowest BCUT2D eigenvalue weighted by Crippen LogP contribution is -2.07. The van der Waals surface area contributed by atoms with Crippen LogP contribution < -0.4 is 4.74 Å². The molecule has 0 atom stereocenters. The molecule has 2 rings (SSSR count). The smallest absolute Gasteiger partial charge is 0.339 e. The lowest BCUT2D eigenvalue weighted by atomic mass is 10.2. The number of para-hydroxylation sites is 1. The molecule has 5 nitrogen and oxygen atoms in total. The van der Waals surface area contributed by atoms with Crippen molar-refractivity contribution in [3.8, 4) is 5.75 Å². The number of benzene rings is 1. The third kappa shape index (κ3) is 3.58. The summed E-state index contributed by atoms with van der Waals surface area (Å²) in [6.07, 6.45) is 4.54. The van der Waals surface area contributed by atoms with Crippen molar-refractivity contribution >= 4 is 5.97 Å². The number of hydrogen-bond donors (Lipinski definition) is 1. The summed E-state index contributed by atoms with van der Waals surface area (Å²) < 4.78 is 7.35. The number of carboxylic acid groups (broad SMARTS) is 1. The van der Waals surface area contributed by atoms with Gasteiger partial charge in [0.1, 0.15) is 11.3 Å². The summed E-state index contributed by atoms with van der Waals surface area (Å²) in [6.45, 7) is 3.20. The van der Waals surface area contributed by atoms with Crippen molar-refractivity contribution in [1.29, 1.82) is 0 Å². The highest BCUT2D eigenvalue weighted by Gasteiger charge is 2.09. The van der Waals surface area contributed by atoms with Gasteiger partial charge in [0.2, 0.25) is 0 Å². The molecule has 100 valence electrons. The molecule has 0 saturated carbocycles. The summed E-state index contributed by atoms with van der Waals surface area (Å²) in [5, 5.41) is 13.2. The fraction of sp³-hybridized carbons (Fsp3) is 0.286. The maximum absolute atomic E-state index is 11.0. The number of hydrogen-bond acceptors (Lipinski definition) is 3. The molecule has 0 fully saturated rings. The van der Waals surface area contributed by atoms with Crippen molar-refractivity contribution in [3.63, 3.8) is 0 Å². The van der Waals surface area contributed by atoms with Crippen molar-refractivity contribution in [2.45, 2.75) is 19.9 Å². The van der Waals surface area contributed by atoms with Crippen molar-refractivity contribution in [1.82, 2.24) is 9.78 Å². The lowest BCUT2D eigenvalue weighted by Gasteiger charge is -2.08.